The van der Waals surface area contributed by atoms with Gasteiger partial charge in [-0.3, -0.25) is 4.79 Å². The van der Waals surface area contributed by atoms with Gasteiger partial charge in [0.1, 0.15) is 24.0 Å². The molecule has 0 radical (unpaired) electrons. The summed E-state index contributed by atoms with van der Waals surface area (Å²) < 4.78 is 7.00. The third-order valence-corrected chi connectivity index (χ3v) is 6.37. The molecule has 0 fully saturated rings. The number of aryl methyl sites for hydroxylation is 2. The summed E-state index contributed by atoms with van der Waals surface area (Å²) in [6.07, 6.45) is 1.59. The molecule has 0 aliphatic carbocycles. The predicted molar refractivity (Wildman–Crippen MR) is 146 cm³/mol. The lowest BCUT2D eigenvalue weighted by Gasteiger charge is -2.11. The number of nitriles is 1. The fourth-order valence-electron chi connectivity index (χ4n) is 3.76. The summed E-state index contributed by atoms with van der Waals surface area (Å²) in [5, 5.41) is 14.8. The highest BCUT2D eigenvalue weighted by Gasteiger charge is 2.12. The van der Waals surface area contributed by atoms with Crippen LogP contribution in [-0.2, 0) is 11.4 Å². The highest BCUT2D eigenvalue weighted by atomic mass is 127. The normalized spacial score (nSPS) is 11.2. The number of halogens is 1. The number of amides is 1. The van der Waals surface area contributed by atoms with Gasteiger partial charge in [-0.15, -0.1) is 0 Å². The quantitative estimate of drug-likeness (QED) is 0.155. The Hall–Kier alpha value is -3.63. The molecular formula is C29H23IN2O2. The van der Waals surface area contributed by atoms with Crippen molar-refractivity contribution in [1.29, 1.82) is 5.26 Å². The standard InChI is InChI=1S/C29H23IN2O2/c1-19-10-12-27(20(2)14-19)32-29(33)24(17-31)15-21-11-13-28(26(30)16-21)34-18-23-8-5-7-22-6-3-4-9-25(22)23/h3-16H,18H2,1-2H3,(H,32,33)/b24-15+. The Morgan fingerprint density at radius 1 is 1.03 bits per heavy atom. The molecule has 0 aliphatic rings. The number of ether oxygens (including phenoxy) is 1. The smallest absolute Gasteiger partial charge is 0.266 e. The summed E-state index contributed by atoms with van der Waals surface area (Å²) in [4.78, 5) is 12.7. The van der Waals surface area contributed by atoms with Gasteiger partial charge in [0.2, 0.25) is 0 Å². The second kappa shape index (κ2) is 10.5. The Bertz CT molecular complexity index is 1450. The highest BCUT2D eigenvalue weighted by Crippen LogP contribution is 2.26. The van der Waals surface area contributed by atoms with E-state index >= 15 is 0 Å². The van der Waals surface area contributed by atoms with Gasteiger partial charge in [-0.2, -0.15) is 5.26 Å². The minimum atomic E-state index is -0.430. The zero-order chi connectivity index (χ0) is 24.1. The molecule has 4 aromatic rings. The summed E-state index contributed by atoms with van der Waals surface area (Å²) in [7, 11) is 0. The van der Waals surface area contributed by atoms with E-state index in [-0.39, 0.29) is 5.57 Å². The molecular weight excluding hydrogens is 535 g/mol. The van der Waals surface area contributed by atoms with Gasteiger partial charge in [0.05, 0.1) is 3.57 Å². The topological polar surface area (TPSA) is 62.1 Å². The first-order valence-electron chi connectivity index (χ1n) is 10.8. The average Bonchev–Trinajstić information content (AvgIpc) is 2.83. The first-order valence-corrected chi connectivity index (χ1v) is 11.9. The molecule has 0 heterocycles. The van der Waals surface area contributed by atoms with Crippen molar-refractivity contribution >= 4 is 51.0 Å². The van der Waals surface area contributed by atoms with Crippen molar-refractivity contribution in [1.82, 2.24) is 0 Å². The molecule has 0 saturated heterocycles. The highest BCUT2D eigenvalue weighted by molar-refractivity contribution is 14.1. The molecule has 1 N–H and O–H groups in total. The van der Waals surface area contributed by atoms with Crippen LogP contribution in [-0.4, -0.2) is 5.91 Å². The molecule has 0 unspecified atom stereocenters. The maximum atomic E-state index is 12.7. The predicted octanol–water partition coefficient (Wildman–Crippen LogP) is 7.19. The van der Waals surface area contributed by atoms with Crippen LogP contribution in [0.3, 0.4) is 0 Å². The van der Waals surface area contributed by atoms with Gasteiger partial charge in [-0.1, -0.05) is 66.2 Å². The van der Waals surface area contributed by atoms with Gasteiger partial charge in [0.15, 0.2) is 0 Å². The van der Waals surface area contributed by atoms with Gasteiger partial charge >= 0.3 is 0 Å². The van der Waals surface area contributed by atoms with E-state index in [2.05, 4.69) is 52.2 Å². The third kappa shape index (κ3) is 5.46. The Labute approximate surface area is 213 Å². The van der Waals surface area contributed by atoms with Crippen LogP contribution in [0.2, 0.25) is 0 Å². The van der Waals surface area contributed by atoms with E-state index in [1.165, 1.54) is 10.8 Å². The molecule has 0 spiro atoms. The lowest BCUT2D eigenvalue weighted by Crippen LogP contribution is -2.14. The SMILES string of the molecule is Cc1ccc(NC(=O)/C(C#N)=C/c2ccc(OCc3cccc4ccccc34)c(I)c2)c(C)c1. The van der Waals surface area contributed by atoms with Crippen LogP contribution in [0.4, 0.5) is 5.69 Å². The van der Waals surface area contributed by atoms with Crippen LogP contribution < -0.4 is 10.1 Å². The number of carbonyl (C=O) groups excluding carboxylic acids is 1. The number of anilines is 1. The molecule has 4 aromatic carbocycles. The number of carbonyl (C=O) groups is 1. The first kappa shape index (κ1) is 23.5. The van der Waals surface area contributed by atoms with E-state index in [1.807, 2.05) is 74.5 Å². The summed E-state index contributed by atoms with van der Waals surface area (Å²) in [6.45, 7) is 4.38. The van der Waals surface area contributed by atoms with E-state index in [4.69, 9.17) is 4.74 Å². The molecule has 4 nitrogen and oxygen atoms in total. The maximum absolute atomic E-state index is 12.7. The molecule has 1 amide bonds. The van der Waals surface area contributed by atoms with Crippen molar-refractivity contribution in [3.8, 4) is 11.8 Å². The van der Waals surface area contributed by atoms with E-state index < -0.39 is 5.91 Å². The number of hydrogen-bond donors (Lipinski definition) is 1. The van der Waals surface area contributed by atoms with Crippen LogP contribution in [0, 0.1) is 28.7 Å². The van der Waals surface area contributed by atoms with Crippen LogP contribution >= 0.6 is 22.6 Å². The van der Waals surface area contributed by atoms with Crippen molar-refractivity contribution < 1.29 is 9.53 Å². The van der Waals surface area contributed by atoms with Gasteiger partial charge in [-0.25, -0.2) is 0 Å². The minimum Gasteiger partial charge on any atom is -0.488 e. The lowest BCUT2D eigenvalue weighted by molar-refractivity contribution is -0.112. The van der Waals surface area contributed by atoms with E-state index in [0.717, 1.165) is 31.6 Å². The Balaban J connectivity index is 1.49. The van der Waals surface area contributed by atoms with Crippen molar-refractivity contribution in [2.24, 2.45) is 0 Å². The molecule has 0 aliphatic heterocycles. The van der Waals surface area contributed by atoms with Crippen molar-refractivity contribution in [3.05, 3.63) is 110 Å². The molecule has 0 bridgehead atoms. The van der Waals surface area contributed by atoms with E-state index in [0.29, 0.717) is 12.3 Å². The second-order valence-electron chi connectivity index (χ2n) is 8.06. The minimum absolute atomic E-state index is 0.0419. The monoisotopic (exact) mass is 558 g/mol. The van der Waals surface area contributed by atoms with Gasteiger partial charge in [0, 0.05) is 5.69 Å². The number of benzene rings is 4. The first-order chi connectivity index (χ1) is 16.4. The molecule has 0 aromatic heterocycles. The van der Waals surface area contributed by atoms with Crippen LogP contribution in [0.25, 0.3) is 16.8 Å². The van der Waals surface area contributed by atoms with Crippen molar-refractivity contribution in [3.63, 3.8) is 0 Å². The zero-order valence-electron chi connectivity index (χ0n) is 18.9. The van der Waals surface area contributed by atoms with Crippen molar-refractivity contribution in [2.45, 2.75) is 20.5 Å². The average molecular weight is 558 g/mol. The molecule has 0 atom stereocenters. The summed E-state index contributed by atoms with van der Waals surface area (Å²) in [5.41, 5.74) is 4.68. The molecule has 0 saturated carbocycles. The summed E-state index contributed by atoms with van der Waals surface area (Å²) in [5.74, 6) is 0.324. The van der Waals surface area contributed by atoms with Gasteiger partial charge in [-0.05, 0) is 88.2 Å². The zero-order valence-corrected chi connectivity index (χ0v) is 21.1. The molecule has 4 rings (SSSR count). The van der Waals surface area contributed by atoms with Crippen LogP contribution in [0.1, 0.15) is 22.3 Å². The molecule has 5 heteroatoms. The number of hydrogen-bond acceptors (Lipinski definition) is 3. The van der Waals surface area contributed by atoms with Crippen molar-refractivity contribution in [2.75, 3.05) is 5.32 Å². The molecule has 168 valence electrons. The Kier molecular flexibility index (Phi) is 7.29. The molecule has 34 heavy (non-hydrogen) atoms. The summed E-state index contributed by atoms with van der Waals surface area (Å²) >= 11 is 2.21. The number of fused-ring (bicyclic) bond motifs is 1. The largest absolute Gasteiger partial charge is 0.488 e. The lowest BCUT2D eigenvalue weighted by atomic mass is 10.1. The van der Waals surface area contributed by atoms with Gasteiger partial charge < -0.3 is 10.1 Å². The Morgan fingerprint density at radius 2 is 1.82 bits per heavy atom. The fourth-order valence-corrected chi connectivity index (χ4v) is 4.45. The number of nitrogens with one attached hydrogen (secondary N) is 1. The maximum Gasteiger partial charge on any atom is 0.266 e. The number of nitrogens with zero attached hydrogens (tertiary/aromatic N) is 1. The number of rotatable bonds is 6. The van der Waals surface area contributed by atoms with Crippen LogP contribution in [0.15, 0.2) is 84.4 Å². The van der Waals surface area contributed by atoms with E-state index in [9.17, 15) is 10.1 Å². The van der Waals surface area contributed by atoms with Gasteiger partial charge in [0.25, 0.3) is 5.91 Å². The van der Waals surface area contributed by atoms with E-state index in [1.54, 1.807) is 6.08 Å². The third-order valence-electron chi connectivity index (χ3n) is 5.53. The summed E-state index contributed by atoms with van der Waals surface area (Å²) in [6, 6.07) is 27.8. The fraction of sp³-hybridized carbons (Fsp3) is 0.103. The Morgan fingerprint density at radius 3 is 2.59 bits per heavy atom. The van der Waals surface area contributed by atoms with Crippen LogP contribution in [0.5, 0.6) is 5.75 Å². The second-order valence-corrected chi connectivity index (χ2v) is 9.22.